The lowest BCUT2D eigenvalue weighted by molar-refractivity contribution is -0.140. The second kappa shape index (κ2) is 13.1. The first-order valence-corrected chi connectivity index (χ1v) is 14.2. The van der Waals surface area contributed by atoms with E-state index in [1.54, 1.807) is 50.1 Å². The van der Waals surface area contributed by atoms with Crippen LogP contribution in [0.4, 0.5) is 28.9 Å². The van der Waals surface area contributed by atoms with Gasteiger partial charge in [-0.15, -0.1) is 11.8 Å². The molecule has 0 saturated carbocycles. The maximum atomic E-state index is 15.0. The van der Waals surface area contributed by atoms with Crippen LogP contribution in [0.15, 0.2) is 47.4 Å². The molecule has 0 spiro atoms. The van der Waals surface area contributed by atoms with Crippen LogP contribution in [0.25, 0.3) is 10.9 Å². The van der Waals surface area contributed by atoms with Crippen molar-refractivity contribution in [2.75, 3.05) is 50.2 Å². The van der Waals surface area contributed by atoms with E-state index in [0.29, 0.717) is 41.9 Å². The van der Waals surface area contributed by atoms with Crippen molar-refractivity contribution >= 4 is 34.0 Å². The SMILES string of the molecule is COc1cc(SC)ccc1NCC#Cc1cc2c(NC3CCN(CC(C)O)CC3F)cccc2n1CC(F)(F)F. The van der Waals surface area contributed by atoms with Crippen LogP contribution in [0.3, 0.4) is 0 Å². The summed E-state index contributed by atoms with van der Waals surface area (Å²) in [4.78, 5) is 2.92. The summed E-state index contributed by atoms with van der Waals surface area (Å²) in [5, 5.41) is 16.6. The van der Waals surface area contributed by atoms with Crippen LogP contribution in [-0.2, 0) is 6.54 Å². The molecule has 3 N–H and O–H groups in total. The van der Waals surface area contributed by atoms with Crippen molar-refractivity contribution in [1.82, 2.24) is 9.47 Å². The number of alkyl halides is 4. The average molecular weight is 579 g/mol. The molecule has 2 heterocycles. The number of rotatable bonds is 9. The highest BCUT2D eigenvalue weighted by Gasteiger charge is 2.32. The number of fused-ring (bicyclic) bond motifs is 1. The topological polar surface area (TPSA) is 61.7 Å². The summed E-state index contributed by atoms with van der Waals surface area (Å²) in [6.45, 7) is 1.87. The van der Waals surface area contributed by atoms with Gasteiger partial charge in [0.1, 0.15) is 18.5 Å². The molecule has 6 nitrogen and oxygen atoms in total. The standard InChI is InChI=1S/C29H34F4N4O2S/c1-19(38)16-36-13-11-25(23(30)17-36)35-24-7-4-8-27-22(24)14-20(37(27)18-29(31,32)33)6-5-12-34-26-10-9-21(40-3)15-28(26)39-2/h4,7-10,14-15,19,23,25,34-35,38H,11-13,16-18H2,1-3H3. The molecule has 1 aromatic heterocycles. The maximum absolute atomic E-state index is 15.0. The number of aliphatic hydroxyl groups excluding tert-OH is 1. The van der Waals surface area contributed by atoms with Gasteiger partial charge in [-0.2, -0.15) is 13.2 Å². The maximum Gasteiger partial charge on any atom is 0.406 e. The van der Waals surface area contributed by atoms with Crippen LogP contribution in [-0.4, -0.2) is 78.6 Å². The predicted octanol–water partition coefficient (Wildman–Crippen LogP) is 5.60. The van der Waals surface area contributed by atoms with E-state index in [1.165, 1.54) is 0 Å². The van der Waals surface area contributed by atoms with Crippen molar-refractivity contribution in [3.8, 4) is 17.6 Å². The Kier molecular flexibility index (Phi) is 9.77. The van der Waals surface area contributed by atoms with Crippen molar-refractivity contribution < 1.29 is 27.4 Å². The monoisotopic (exact) mass is 578 g/mol. The van der Waals surface area contributed by atoms with Crippen molar-refractivity contribution in [3.05, 3.63) is 48.2 Å². The number of methoxy groups -OCH3 is 1. The lowest BCUT2D eigenvalue weighted by atomic mass is 10.0. The van der Waals surface area contributed by atoms with Gasteiger partial charge in [0.15, 0.2) is 0 Å². The van der Waals surface area contributed by atoms with Crippen molar-refractivity contribution in [1.29, 1.82) is 0 Å². The zero-order valence-corrected chi connectivity index (χ0v) is 23.5. The summed E-state index contributed by atoms with van der Waals surface area (Å²) >= 11 is 1.59. The fraction of sp³-hybridized carbons (Fsp3) is 0.448. The molecule has 1 saturated heterocycles. The third-order valence-electron chi connectivity index (χ3n) is 6.76. The molecular weight excluding hydrogens is 544 g/mol. The van der Waals surface area contributed by atoms with Gasteiger partial charge in [0.05, 0.1) is 42.7 Å². The van der Waals surface area contributed by atoms with E-state index in [9.17, 15) is 18.3 Å². The molecule has 3 unspecified atom stereocenters. The molecule has 216 valence electrons. The van der Waals surface area contributed by atoms with Crippen LogP contribution >= 0.6 is 11.8 Å². The van der Waals surface area contributed by atoms with Crippen LogP contribution in [0.2, 0.25) is 0 Å². The van der Waals surface area contributed by atoms with Gasteiger partial charge in [0, 0.05) is 35.6 Å². The van der Waals surface area contributed by atoms with Gasteiger partial charge in [0.25, 0.3) is 0 Å². The molecule has 0 aliphatic carbocycles. The number of anilines is 2. The molecule has 1 aliphatic heterocycles. The number of aromatic nitrogens is 1. The number of thioether (sulfide) groups is 1. The molecule has 0 radical (unpaired) electrons. The van der Waals surface area contributed by atoms with E-state index in [1.807, 2.05) is 29.4 Å². The highest BCUT2D eigenvalue weighted by Crippen LogP contribution is 2.32. The number of hydrogen-bond acceptors (Lipinski definition) is 6. The van der Waals surface area contributed by atoms with Crippen molar-refractivity contribution in [2.45, 2.75) is 49.3 Å². The first-order valence-electron chi connectivity index (χ1n) is 13.0. The second-order valence-electron chi connectivity index (χ2n) is 9.85. The Morgan fingerprint density at radius 2 is 2.00 bits per heavy atom. The Bertz CT molecular complexity index is 1370. The molecular formula is C29H34F4N4O2S. The zero-order valence-electron chi connectivity index (χ0n) is 22.7. The number of β-amino-alcohol motifs (C(OH)–C–C–N with tert-alkyl or cyclic N) is 1. The molecule has 0 amide bonds. The first-order chi connectivity index (χ1) is 19.1. The summed E-state index contributed by atoms with van der Waals surface area (Å²) in [6, 6.07) is 11.9. The molecule has 4 rings (SSSR count). The molecule has 1 aliphatic rings. The van der Waals surface area contributed by atoms with Crippen LogP contribution in [0, 0.1) is 11.8 Å². The number of halogens is 4. The number of ether oxygens (including phenoxy) is 1. The summed E-state index contributed by atoms with van der Waals surface area (Å²) < 4.78 is 62.2. The zero-order chi connectivity index (χ0) is 28.9. The Hall–Kier alpha value is -3.07. The molecule has 40 heavy (non-hydrogen) atoms. The normalized spacial score (nSPS) is 18.7. The van der Waals surface area contributed by atoms with Gasteiger partial charge in [-0.05, 0) is 61.9 Å². The van der Waals surface area contributed by atoms with Gasteiger partial charge >= 0.3 is 6.18 Å². The van der Waals surface area contributed by atoms with E-state index in [2.05, 4.69) is 22.5 Å². The quantitative estimate of drug-likeness (QED) is 0.175. The van der Waals surface area contributed by atoms with Crippen molar-refractivity contribution in [3.63, 3.8) is 0 Å². The predicted molar refractivity (Wildman–Crippen MR) is 153 cm³/mol. The molecule has 1 fully saturated rings. The molecule has 3 atom stereocenters. The smallest absolute Gasteiger partial charge is 0.406 e. The number of likely N-dealkylation sites (tertiary alicyclic amines) is 1. The van der Waals surface area contributed by atoms with Gasteiger partial charge < -0.3 is 25.0 Å². The third kappa shape index (κ3) is 7.56. The number of benzene rings is 2. The van der Waals surface area contributed by atoms with Gasteiger partial charge in [-0.3, -0.25) is 4.90 Å². The number of nitrogens with one attached hydrogen (secondary N) is 2. The number of hydrogen-bond donors (Lipinski definition) is 3. The average Bonchev–Trinajstić information content (AvgIpc) is 3.24. The highest BCUT2D eigenvalue weighted by atomic mass is 32.2. The molecule has 11 heteroatoms. The summed E-state index contributed by atoms with van der Waals surface area (Å²) in [7, 11) is 1.57. The highest BCUT2D eigenvalue weighted by molar-refractivity contribution is 7.98. The van der Waals surface area contributed by atoms with Crippen LogP contribution < -0.4 is 15.4 Å². The summed E-state index contributed by atoms with van der Waals surface area (Å²) in [6.07, 6.45) is -3.71. The Morgan fingerprint density at radius 3 is 2.67 bits per heavy atom. The third-order valence-corrected chi connectivity index (χ3v) is 7.49. The van der Waals surface area contributed by atoms with Crippen molar-refractivity contribution in [2.24, 2.45) is 0 Å². The van der Waals surface area contributed by atoms with E-state index < -0.39 is 31.0 Å². The number of nitrogens with zero attached hydrogens (tertiary/aromatic N) is 2. The molecule has 3 aromatic rings. The molecule has 0 bridgehead atoms. The lowest BCUT2D eigenvalue weighted by Crippen LogP contribution is -2.49. The van der Waals surface area contributed by atoms with Gasteiger partial charge in [-0.25, -0.2) is 4.39 Å². The molecule has 2 aromatic carbocycles. The summed E-state index contributed by atoms with van der Waals surface area (Å²) in [5.74, 6) is 6.47. The minimum absolute atomic E-state index is 0.183. The van der Waals surface area contributed by atoms with Gasteiger partial charge in [0.2, 0.25) is 0 Å². The van der Waals surface area contributed by atoms with Crippen LogP contribution in [0.5, 0.6) is 5.75 Å². The minimum Gasteiger partial charge on any atom is -0.495 e. The fourth-order valence-corrected chi connectivity index (χ4v) is 5.38. The van der Waals surface area contributed by atoms with E-state index >= 15 is 4.39 Å². The Balaban J connectivity index is 1.56. The minimum atomic E-state index is -4.45. The summed E-state index contributed by atoms with van der Waals surface area (Å²) in [5.41, 5.74) is 1.89. The Morgan fingerprint density at radius 1 is 1.20 bits per heavy atom. The van der Waals surface area contributed by atoms with E-state index in [0.717, 1.165) is 15.1 Å². The van der Waals surface area contributed by atoms with E-state index in [4.69, 9.17) is 4.74 Å². The largest absolute Gasteiger partial charge is 0.495 e. The lowest BCUT2D eigenvalue weighted by Gasteiger charge is -2.36. The first kappa shape index (κ1) is 29.9. The Labute approximate surface area is 236 Å². The number of piperidine rings is 1. The number of aliphatic hydroxyl groups is 1. The fourth-order valence-electron chi connectivity index (χ4n) is 4.95. The second-order valence-corrected chi connectivity index (χ2v) is 10.7. The van der Waals surface area contributed by atoms with Gasteiger partial charge in [-0.1, -0.05) is 12.0 Å². The van der Waals surface area contributed by atoms with Crippen LogP contribution in [0.1, 0.15) is 19.0 Å². The van der Waals surface area contributed by atoms with E-state index in [-0.39, 0.29) is 18.8 Å².